The minimum Gasteiger partial charge on any atom is -0.306 e. The van der Waals surface area contributed by atoms with Crippen molar-refractivity contribution in [1.82, 2.24) is 20.3 Å². The van der Waals surface area contributed by atoms with Crippen molar-refractivity contribution in [2.75, 3.05) is 6.54 Å². The highest BCUT2D eigenvalue weighted by Crippen LogP contribution is 2.22. The Morgan fingerprint density at radius 2 is 2.06 bits per heavy atom. The molecule has 0 aliphatic carbocycles. The first kappa shape index (κ1) is 11.7. The van der Waals surface area contributed by atoms with Crippen LogP contribution < -0.4 is 5.32 Å². The van der Waals surface area contributed by atoms with E-state index in [-0.39, 0.29) is 6.04 Å². The van der Waals surface area contributed by atoms with Crippen LogP contribution in [-0.2, 0) is 0 Å². The average molecular weight is 228 g/mol. The van der Waals surface area contributed by atoms with Crippen LogP contribution >= 0.6 is 0 Å². The molecule has 0 aliphatic rings. The molecule has 2 aromatic heterocycles. The summed E-state index contributed by atoms with van der Waals surface area (Å²) in [7, 11) is 0. The largest absolute Gasteiger partial charge is 0.306 e. The Bertz CT molecular complexity index is 470. The SMILES string of the molecule is CCNC(c1cncnc1)c1cccnc1C. The number of nitrogens with zero attached hydrogens (tertiary/aromatic N) is 3. The lowest BCUT2D eigenvalue weighted by molar-refractivity contribution is 0.620. The highest BCUT2D eigenvalue weighted by Gasteiger charge is 2.15. The fourth-order valence-corrected chi connectivity index (χ4v) is 1.87. The molecular formula is C13H16N4. The normalized spacial score (nSPS) is 12.4. The zero-order valence-electron chi connectivity index (χ0n) is 10.1. The van der Waals surface area contributed by atoms with Crippen molar-refractivity contribution >= 4 is 0 Å². The molecule has 0 saturated heterocycles. The maximum atomic E-state index is 4.33. The van der Waals surface area contributed by atoms with E-state index in [1.54, 1.807) is 6.33 Å². The second-order valence-electron chi connectivity index (χ2n) is 3.84. The molecule has 1 N–H and O–H groups in total. The second kappa shape index (κ2) is 5.50. The first-order valence-electron chi connectivity index (χ1n) is 5.72. The molecule has 2 aromatic rings. The van der Waals surface area contributed by atoms with Crippen molar-refractivity contribution in [3.05, 3.63) is 53.9 Å². The maximum absolute atomic E-state index is 4.33. The quantitative estimate of drug-likeness (QED) is 0.868. The van der Waals surface area contributed by atoms with Crippen molar-refractivity contribution < 1.29 is 0 Å². The van der Waals surface area contributed by atoms with E-state index in [1.165, 1.54) is 5.56 Å². The van der Waals surface area contributed by atoms with Crippen molar-refractivity contribution in [3.63, 3.8) is 0 Å². The van der Waals surface area contributed by atoms with Crippen LogP contribution in [0.25, 0.3) is 0 Å². The van der Waals surface area contributed by atoms with E-state index < -0.39 is 0 Å². The summed E-state index contributed by atoms with van der Waals surface area (Å²) in [4.78, 5) is 12.5. The summed E-state index contributed by atoms with van der Waals surface area (Å²) in [6.07, 6.45) is 7.03. The van der Waals surface area contributed by atoms with Crippen molar-refractivity contribution in [3.8, 4) is 0 Å². The number of aromatic nitrogens is 3. The van der Waals surface area contributed by atoms with Gasteiger partial charge >= 0.3 is 0 Å². The molecule has 0 spiro atoms. The molecule has 0 fully saturated rings. The van der Waals surface area contributed by atoms with E-state index >= 15 is 0 Å². The van der Waals surface area contributed by atoms with Gasteiger partial charge in [0, 0.05) is 29.8 Å². The third-order valence-corrected chi connectivity index (χ3v) is 2.68. The number of aryl methyl sites for hydroxylation is 1. The molecule has 1 unspecified atom stereocenters. The monoisotopic (exact) mass is 228 g/mol. The first-order chi connectivity index (χ1) is 8.33. The molecule has 1 atom stereocenters. The van der Waals surface area contributed by atoms with Crippen molar-refractivity contribution in [1.29, 1.82) is 0 Å². The molecule has 4 heteroatoms. The molecule has 2 rings (SSSR count). The summed E-state index contributed by atoms with van der Waals surface area (Å²) in [5, 5.41) is 3.44. The molecule has 88 valence electrons. The second-order valence-corrected chi connectivity index (χ2v) is 3.84. The van der Waals surface area contributed by atoms with E-state index in [2.05, 4.69) is 33.3 Å². The highest BCUT2D eigenvalue weighted by atomic mass is 14.9. The van der Waals surface area contributed by atoms with Crippen LogP contribution in [0.5, 0.6) is 0 Å². The number of rotatable bonds is 4. The van der Waals surface area contributed by atoms with Gasteiger partial charge in [-0.3, -0.25) is 4.98 Å². The zero-order chi connectivity index (χ0) is 12.1. The van der Waals surface area contributed by atoms with Gasteiger partial charge in [-0.25, -0.2) is 9.97 Å². The fraction of sp³-hybridized carbons (Fsp3) is 0.308. The van der Waals surface area contributed by atoms with E-state index in [0.29, 0.717) is 0 Å². The third kappa shape index (κ3) is 2.65. The first-order valence-corrected chi connectivity index (χ1v) is 5.72. The topological polar surface area (TPSA) is 50.7 Å². The molecule has 0 aromatic carbocycles. The van der Waals surface area contributed by atoms with Gasteiger partial charge in [-0.05, 0) is 25.1 Å². The fourth-order valence-electron chi connectivity index (χ4n) is 1.87. The Hall–Kier alpha value is -1.81. The Labute approximate surface area is 101 Å². The van der Waals surface area contributed by atoms with Crippen LogP contribution in [0.15, 0.2) is 37.1 Å². The van der Waals surface area contributed by atoms with E-state index in [4.69, 9.17) is 0 Å². The molecule has 0 bridgehead atoms. The van der Waals surface area contributed by atoms with Crippen LogP contribution in [0.1, 0.15) is 29.8 Å². The standard InChI is InChI=1S/C13H16N4/c1-3-16-13(11-7-14-9-15-8-11)12-5-4-6-17-10(12)2/h4-9,13,16H,3H2,1-2H3. The lowest BCUT2D eigenvalue weighted by Crippen LogP contribution is -2.23. The van der Waals surface area contributed by atoms with Gasteiger partial charge < -0.3 is 5.32 Å². The Kier molecular flexibility index (Phi) is 3.77. The minimum atomic E-state index is 0.106. The van der Waals surface area contributed by atoms with Crippen molar-refractivity contribution in [2.45, 2.75) is 19.9 Å². The molecule has 17 heavy (non-hydrogen) atoms. The summed E-state index contributed by atoms with van der Waals surface area (Å²) >= 11 is 0. The maximum Gasteiger partial charge on any atom is 0.115 e. The van der Waals surface area contributed by atoms with Gasteiger partial charge in [-0.2, -0.15) is 0 Å². The van der Waals surface area contributed by atoms with Crippen LogP contribution in [0.4, 0.5) is 0 Å². The Morgan fingerprint density at radius 3 is 2.71 bits per heavy atom. The zero-order valence-corrected chi connectivity index (χ0v) is 10.1. The van der Waals surface area contributed by atoms with Gasteiger partial charge in [0.2, 0.25) is 0 Å². The average Bonchev–Trinajstić information content (AvgIpc) is 2.38. The lowest BCUT2D eigenvalue weighted by atomic mass is 10.00. The van der Waals surface area contributed by atoms with Crippen LogP contribution in [0.2, 0.25) is 0 Å². The number of hydrogen-bond acceptors (Lipinski definition) is 4. The van der Waals surface area contributed by atoms with Crippen molar-refractivity contribution in [2.24, 2.45) is 0 Å². The predicted octanol–water partition coefficient (Wildman–Crippen LogP) is 1.88. The summed E-state index contributed by atoms with van der Waals surface area (Å²) in [5.74, 6) is 0. The summed E-state index contributed by atoms with van der Waals surface area (Å²) in [6, 6.07) is 4.15. The van der Waals surface area contributed by atoms with E-state index in [0.717, 1.165) is 17.8 Å². The van der Waals surface area contributed by atoms with Gasteiger partial charge in [0.15, 0.2) is 0 Å². The molecule has 4 nitrogen and oxygen atoms in total. The molecular weight excluding hydrogens is 212 g/mol. The molecule has 2 heterocycles. The van der Waals surface area contributed by atoms with Gasteiger partial charge in [-0.15, -0.1) is 0 Å². The molecule has 0 saturated carbocycles. The number of hydrogen-bond donors (Lipinski definition) is 1. The summed E-state index contributed by atoms with van der Waals surface area (Å²) in [6.45, 7) is 4.99. The lowest BCUT2D eigenvalue weighted by Gasteiger charge is -2.19. The summed E-state index contributed by atoms with van der Waals surface area (Å²) < 4.78 is 0. The minimum absolute atomic E-state index is 0.106. The Morgan fingerprint density at radius 1 is 1.29 bits per heavy atom. The van der Waals surface area contributed by atoms with Gasteiger partial charge in [0.25, 0.3) is 0 Å². The highest BCUT2D eigenvalue weighted by molar-refractivity contribution is 5.31. The van der Waals surface area contributed by atoms with Gasteiger partial charge in [0.05, 0.1) is 6.04 Å². The smallest absolute Gasteiger partial charge is 0.115 e. The van der Waals surface area contributed by atoms with Crippen LogP contribution in [0, 0.1) is 6.92 Å². The molecule has 0 radical (unpaired) electrons. The third-order valence-electron chi connectivity index (χ3n) is 2.68. The number of pyridine rings is 1. The summed E-state index contributed by atoms with van der Waals surface area (Å²) in [5.41, 5.74) is 3.26. The van der Waals surface area contributed by atoms with E-state index in [9.17, 15) is 0 Å². The number of nitrogens with one attached hydrogen (secondary N) is 1. The predicted molar refractivity (Wildman–Crippen MR) is 66.5 cm³/mol. The van der Waals surface area contributed by atoms with Gasteiger partial charge in [0.1, 0.15) is 6.33 Å². The molecule has 0 amide bonds. The Balaban J connectivity index is 2.39. The van der Waals surface area contributed by atoms with Crippen LogP contribution in [-0.4, -0.2) is 21.5 Å². The van der Waals surface area contributed by atoms with Gasteiger partial charge in [-0.1, -0.05) is 13.0 Å². The molecule has 0 aliphatic heterocycles. The van der Waals surface area contributed by atoms with E-state index in [1.807, 2.05) is 31.6 Å². The van der Waals surface area contributed by atoms with Crippen LogP contribution in [0.3, 0.4) is 0 Å².